The Morgan fingerprint density at radius 2 is 1.85 bits per heavy atom. The van der Waals surface area contributed by atoms with Crippen LogP contribution in [0, 0.1) is 0 Å². The maximum atomic E-state index is 12.3. The highest BCUT2D eigenvalue weighted by Gasteiger charge is 2.27. The van der Waals surface area contributed by atoms with Crippen molar-refractivity contribution in [2.45, 2.75) is 25.8 Å². The fourth-order valence-corrected chi connectivity index (χ4v) is 4.25. The van der Waals surface area contributed by atoms with E-state index < -0.39 is 0 Å². The molecule has 1 aliphatic heterocycles. The molecule has 1 fully saturated rings. The molecule has 0 aromatic heterocycles. The maximum Gasteiger partial charge on any atom is 0.260 e. The van der Waals surface area contributed by atoms with Crippen molar-refractivity contribution in [3.63, 3.8) is 0 Å². The van der Waals surface area contributed by atoms with E-state index in [-0.39, 0.29) is 11.4 Å². The largest absolute Gasteiger partial charge is 0.491 e. The highest BCUT2D eigenvalue weighted by atomic mass is 35.5. The molecule has 0 radical (unpaired) electrons. The quantitative estimate of drug-likeness (QED) is 0.598. The number of hydrogen-bond donors (Lipinski definition) is 2. The fraction of sp³-hybridized carbons (Fsp3) is 0.250. The number of benzene rings is 2. The summed E-state index contributed by atoms with van der Waals surface area (Å²) in [6, 6.07) is 11.7. The molecule has 0 unspecified atom stereocenters. The summed E-state index contributed by atoms with van der Waals surface area (Å²) in [6.45, 7) is 4.46. The number of halogens is 2. The first kappa shape index (κ1) is 19.9. The van der Waals surface area contributed by atoms with Gasteiger partial charge in [-0.3, -0.25) is 4.79 Å². The van der Waals surface area contributed by atoms with E-state index in [4.69, 9.17) is 27.9 Å². The lowest BCUT2D eigenvalue weighted by Gasteiger charge is -2.13. The van der Waals surface area contributed by atoms with Crippen LogP contribution in [0.5, 0.6) is 5.75 Å². The SMILES string of the molecule is CCOc1c(Cl)cc(/C=C2\S[C@H](Nc3ccc(CC)cc3)NC2=O)cc1Cl. The van der Waals surface area contributed by atoms with Crippen LogP contribution >= 0.6 is 35.0 Å². The number of carbonyl (C=O) groups is 1. The van der Waals surface area contributed by atoms with Crippen molar-refractivity contribution in [1.29, 1.82) is 0 Å². The lowest BCUT2D eigenvalue weighted by Crippen LogP contribution is -2.30. The molecule has 7 heteroatoms. The first-order valence-corrected chi connectivity index (χ1v) is 10.3. The number of anilines is 1. The van der Waals surface area contributed by atoms with Crippen LogP contribution in [0.1, 0.15) is 25.0 Å². The van der Waals surface area contributed by atoms with Crippen LogP contribution in [0.25, 0.3) is 6.08 Å². The molecule has 4 nitrogen and oxygen atoms in total. The van der Waals surface area contributed by atoms with E-state index in [2.05, 4.69) is 29.7 Å². The van der Waals surface area contributed by atoms with Gasteiger partial charge in [-0.15, -0.1) is 0 Å². The highest BCUT2D eigenvalue weighted by Crippen LogP contribution is 2.36. The molecule has 1 aliphatic rings. The van der Waals surface area contributed by atoms with Crippen molar-refractivity contribution in [3.05, 3.63) is 62.5 Å². The van der Waals surface area contributed by atoms with Crippen molar-refractivity contribution >= 4 is 52.6 Å². The van der Waals surface area contributed by atoms with Crippen LogP contribution < -0.4 is 15.4 Å². The van der Waals surface area contributed by atoms with Gasteiger partial charge in [0.2, 0.25) is 0 Å². The van der Waals surface area contributed by atoms with E-state index >= 15 is 0 Å². The molecular weight excluding hydrogens is 403 g/mol. The van der Waals surface area contributed by atoms with Crippen LogP contribution in [-0.4, -0.2) is 18.0 Å². The molecule has 1 heterocycles. The average Bonchev–Trinajstić information content (AvgIpc) is 2.98. The Balaban J connectivity index is 1.73. The minimum atomic E-state index is -0.232. The van der Waals surface area contributed by atoms with Crippen molar-refractivity contribution < 1.29 is 9.53 Å². The minimum absolute atomic E-state index is 0.135. The molecule has 1 amide bonds. The van der Waals surface area contributed by atoms with Gasteiger partial charge in [-0.1, -0.05) is 54.0 Å². The summed E-state index contributed by atoms with van der Waals surface area (Å²) in [6.07, 6.45) is 2.77. The molecule has 0 spiro atoms. The zero-order valence-electron chi connectivity index (χ0n) is 15.0. The van der Waals surface area contributed by atoms with Gasteiger partial charge < -0.3 is 15.4 Å². The Bertz CT molecular complexity index is 846. The molecule has 1 saturated heterocycles. The monoisotopic (exact) mass is 422 g/mol. The van der Waals surface area contributed by atoms with Crippen LogP contribution in [0.4, 0.5) is 5.69 Å². The average molecular weight is 423 g/mol. The topological polar surface area (TPSA) is 50.4 Å². The second-order valence-corrected chi connectivity index (χ2v) is 7.88. The second kappa shape index (κ2) is 8.91. The summed E-state index contributed by atoms with van der Waals surface area (Å²) >= 11 is 13.9. The number of rotatable bonds is 6. The molecule has 1 atom stereocenters. The van der Waals surface area contributed by atoms with E-state index in [0.29, 0.717) is 27.3 Å². The van der Waals surface area contributed by atoms with Gasteiger partial charge in [0.1, 0.15) is 0 Å². The minimum Gasteiger partial charge on any atom is -0.491 e. The lowest BCUT2D eigenvalue weighted by atomic mass is 10.1. The van der Waals surface area contributed by atoms with Crippen molar-refractivity contribution in [2.75, 3.05) is 11.9 Å². The molecule has 0 saturated carbocycles. The smallest absolute Gasteiger partial charge is 0.260 e. The maximum absolute atomic E-state index is 12.3. The van der Waals surface area contributed by atoms with Gasteiger partial charge in [-0.25, -0.2) is 0 Å². The fourth-order valence-electron chi connectivity index (χ4n) is 2.65. The Kier molecular flexibility index (Phi) is 6.58. The summed E-state index contributed by atoms with van der Waals surface area (Å²) < 4.78 is 5.43. The zero-order chi connectivity index (χ0) is 19.4. The number of nitrogens with one attached hydrogen (secondary N) is 2. The van der Waals surface area contributed by atoms with Crippen LogP contribution in [0.3, 0.4) is 0 Å². The molecule has 27 heavy (non-hydrogen) atoms. The van der Waals surface area contributed by atoms with E-state index in [9.17, 15) is 4.79 Å². The summed E-state index contributed by atoms with van der Waals surface area (Å²) in [5.41, 5.74) is 2.75. The van der Waals surface area contributed by atoms with Crippen molar-refractivity contribution in [3.8, 4) is 5.75 Å². The third-order valence-corrected chi connectivity index (χ3v) is 5.59. The first-order valence-electron chi connectivity index (χ1n) is 8.66. The molecule has 0 bridgehead atoms. The van der Waals surface area contributed by atoms with Crippen molar-refractivity contribution in [1.82, 2.24) is 5.32 Å². The Morgan fingerprint density at radius 1 is 1.19 bits per heavy atom. The number of carbonyl (C=O) groups excluding carboxylic acids is 1. The third kappa shape index (κ3) is 4.92. The zero-order valence-corrected chi connectivity index (χ0v) is 17.3. The standard InChI is InChI=1S/C20H20Cl2N2O2S/c1-3-12-5-7-14(8-6-12)23-20-24-19(25)17(27-20)11-13-9-15(21)18(26-4-2)16(22)10-13/h5-11,20,23H,3-4H2,1-2H3,(H,24,25)/b17-11-/t20-/m1/s1. The molecule has 2 N–H and O–H groups in total. The van der Waals surface area contributed by atoms with Crippen LogP contribution in [0.2, 0.25) is 10.0 Å². The predicted octanol–water partition coefficient (Wildman–Crippen LogP) is 5.55. The number of ether oxygens (including phenoxy) is 1. The molecular formula is C20H20Cl2N2O2S. The molecule has 3 rings (SSSR count). The summed E-state index contributed by atoms with van der Waals surface area (Å²) in [5, 5.41) is 7.06. The molecule has 2 aromatic rings. The second-order valence-electron chi connectivity index (χ2n) is 5.92. The van der Waals surface area contributed by atoms with E-state index in [0.717, 1.165) is 17.7 Å². The number of thioether (sulfide) groups is 1. The van der Waals surface area contributed by atoms with Gasteiger partial charge in [-0.05, 0) is 54.8 Å². The number of aryl methyl sites for hydroxylation is 1. The van der Waals surface area contributed by atoms with E-state index in [1.807, 2.05) is 19.1 Å². The van der Waals surface area contributed by atoms with E-state index in [1.165, 1.54) is 17.3 Å². The molecule has 2 aromatic carbocycles. The van der Waals surface area contributed by atoms with Gasteiger partial charge in [0.25, 0.3) is 5.91 Å². The predicted molar refractivity (Wildman–Crippen MR) is 115 cm³/mol. The number of amides is 1. The van der Waals surface area contributed by atoms with Gasteiger partial charge in [-0.2, -0.15) is 0 Å². The normalized spacial score (nSPS) is 17.9. The van der Waals surface area contributed by atoms with Crippen LogP contribution in [-0.2, 0) is 11.2 Å². The number of hydrogen-bond acceptors (Lipinski definition) is 4. The first-order chi connectivity index (χ1) is 13.0. The van der Waals surface area contributed by atoms with Gasteiger partial charge in [0.15, 0.2) is 11.2 Å². The molecule has 0 aliphatic carbocycles. The molecule has 142 valence electrons. The Hall–Kier alpha value is -1.82. The summed E-state index contributed by atoms with van der Waals surface area (Å²) in [4.78, 5) is 12.9. The van der Waals surface area contributed by atoms with Gasteiger partial charge in [0, 0.05) is 5.69 Å². The van der Waals surface area contributed by atoms with E-state index in [1.54, 1.807) is 18.2 Å². The third-order valence-electron chi connectivity index (χ3n) is 4.00. The summed E-state index contributed by atoms with van der Waals surface area (Å²) in [7, 11) is 0. The van der Waals surface area contributed by atoms with Gasteiger partial charge in [0.05, 0.1) is 21.6 Å². The lowest BCUT2D eigenvalue weighted by molar-refractivity contribution is -0.116. The van der Waals surface area contributed by atoms with Crippen molar-refractivity contribution in [2.24, 2.45) is 0 Å². The van der Waals surface area contributed by atoms with Crippen LogP contribution in [0.15, 0.2) is 41.3 Å². The highest BCUT2D eigenvalue weighted by molar-refractivity contribution is 8.05. The Labute approximate surface area is 173 Å². The van der Waals surface area contributed by atoms with Gasteiger partial charge >= 0.3 is 0 Å². The Morgan fingerprint density at radius 3 is 2.44 bits per heavy atom. The summed E-state index contributed by atoms with van der Waals surface area (Å²) in [5.74, 6) is 0.324.